The quantitative estimate of drug-likeness (QED) is 0.809. The van der Waals surface area contributed by atoms with Crippen LogP contribution in [-0.4, -0.2) is 17.6 Å². The number of benzene rings is 1. The van der Waals surface area contributed by atoms with E-state index in [1.165, 1.54) is 0 Å². The van der Waals surface area contributed by atoms with Gasteiger partial charge in [-0.3, -0.25) is 4.98 Å². The van der Waals surface area contributed by atoms with E-state index in [-0.39, 0.29) is 0 Å². The molecular formula is C17H20Cl2N2. The van der Waals surface area contributed by atoms with Crippen LogP contribution in [0, 0.1) is 0 Å². The van der Waals surface area contributed by atoms with Gasteiger partial charge in [0.1, 0.15) is 0 Å². The standard InChI is InChI=1S/C17H20Cl2N2/c1-2-20-16(8-7-15-5-3-4-10-21-15)12-13-11-14(18)6-9-17(13)19/h3-6,9-11,16,20H,2,7-8,12H2,1H3. The predicted molar refractivity (Wildman–Crippen MR) is 90.2 cm³/mol. The first kappa shape index (κ1) is 16.3. The van der Waals surface area contributed by atoms with Crippen LogP contribution in [0.2, 0.25) is 10.0 Å². The summed E-state index contributed by atoms with van der Waals surface area (Å²) in [5, 5.41) is 5.03. The topological polar surface area (TPSA) is 24.9 Å². The SMILES string of the molecule is CCNC(CCc1ccccn1)Cc1cc(Cl)ccc1Cl. The Morgan fingerprint density at radius 3 is 2.76 bits per heavy atom. The molecule has 2 aromatic rings. The molecule has 0 spiro atoms. The molecule has 1 N–H and O–H groups in total. The zero-order chi connectivity index (χ0) is 15.1. The zero-order valence-corrected chi connectivity index (χ0v) is 13.7. The van der Waals surface area contributed by atoms with Crippen molar-refractivity contribution in [1.29, 1.82) is 0 Å². The van der Waals surface area contributed by atoms with Crippen molar-refractivity contribution in [2.24, 2.45) is 0 Å². The third-order valence-electron chi connectivity index (χ3n) is 3.44. The van der Waals surface area contributed by atoms with Gasteiger partial charge in [0.15, 0.2) is 0 Å². The van der Waals surface area contributed by atoms with Crippen molar-refractivity contribution >= 4 is 23.2 Å². The Bertz CT molecular complexity index is 558. The number of nitrogens with zero attached hydrogens (tertiary/aromatic N) is 1. The monoisotopic (exact) mass is 322 g/mol. The summed E-state index contributed by atoms with van der Waals surface area (Å²) < 4.78 is 0. The van der Waals surface area contributed by atoms with Gasteiger partial charge in [-0.05, 0) is 61.7 Å². The van der Waals surface area contributed by atoms with Crippen LogP contribution in [0.1, 0.15) is 24.6 Å². The van der Waals surface area contributed by atoms with Gasteiger partial charge in [0.05, 0.1) is 0 Å². The largest absolute Gasteiger partial charge is 0.314 e. The molecule has 1 aromatic carbocycles. The van der Waals surface area contributed by atoms with Gasteiger partial charge >= 0.3 is 0 Å². The highest BCUT2D eigenvalue weighted by molar-refractivity contribution is 6.33. The molecule has 0 radical (unpaired) electrons. The molecule has 0 saturated heterocycles. The summed E-state index contributed by atoms with van der Waals surface area (Å²) in [6.07, 6.45) is 4.69. The van der Waals surface area contributed by atoms with Crippen LogP contribution in [0.5, 0.6) is 0 Å². The Morgan fingerprint density at radius 2 is 2.05 bits per heavy atom. The maximum Gasteiger partial charge on any atom is 0.0439 e. The number of halogens is 2. The Hall–Kier alpha value is -1.09. The summed E-state index contributed by atoms with van der Waals surface area (Å²) in [4.78, 5) is 4.37. The van der Waals surface area contributed by atoms with E-state index in [9.17, 15) is 0 Å². The molecule has 0 amide bonds. The van der Waals surface area contributed by atoms with E-state index in [2.05, 4.69) is 23.3 Å². The predicted octanol–water partition coefficient (Wildman–Crippen LogP) is 4.54. The molecule has 0 aliphatic heterocycles. The Balaban J connectivity index is 2.00. The molecule has 1 atom stereocenters. The van der Waals surface area contributed by atoms with E-state index in [4.69, 9.17) is 23.2 Å². The van der Waals surface area contributed by atoms with Crippen LogP contribution in [0.4, 0.5) is 0 Å². The molecular weight excluding hydrogens is 303 g/mol. The first-order chi connectivity index (χ1) is 10.2. The van der Waals surface area contributed by atoms with Crippen molar-refractivity contribution in [1.82, 2.24) is 10.3 Å². The minimum atomic E-state index is 0.368. The van der Waals surface area contributed by atoms with E-state index in [1.807, 2.05) is 36.5 Å². The second-order valence-corrected chi connectivity index (χ2v) is 5.90. The number of hydrogen-bond acceptors (Lipinski definition) is 2. The van der Waals surface area contributed by atoms with Crippen molar-refractivity contribution in [3.8, 4) is 0 Å². The van der Waals surface area contributed by atoms with Crippen LogP contribution in [0.3, 0.4) is 0 Å². The van der Waals surface area contributed by atoms with Crippen LogP contribution in [0.15, 0.2) is 42.6 Å². The molecule has 0 bridgehead atoms. The molecule has 0 saturated carbocycles. The molecule has 1 aromatic heterocycles. The average Bonchev–Trinajstić information content (AvgIpc) is 2.50. The third kappa shape index (κ3) is 5.31. The second-order valence-electron chi connectivity index (χ2n) is 5.05. The van der Waals surface area contributed by atoms with E-state index in [0.29, 0.717) is 6.04 Å². The molecule has 2 rings (SSSR count). The highest BCUT2D eigenvalue weighted by Gasteiger charge is 2.12. The molecule has 1 heterocycles. The van der Waals surface area contributed by atoms with Crippen molar-refractivity contribution in [2.45, 2.75) is 32.2 Å². The molecule has 0 aliphatic rings. The molecule has 21 heavy (non-hydrogen) atoms. The van der Waals surface area contributed by atoms with Gasteiger partial charge in [0.25, 0.3) is 0 Å². The molecule has 0 aliphatic carbocycles. The van der Waals surface area contributed by atoms with Gasteiger partial charge in [0.2, 0.25) is 0 Å². The zero-order valence-electron chi connectivity index (χ0n) is 12.2. The Labute approximate surface area is 136 Å². The van der Waals surface area contributed by atoms with Crippen LogP contribution in [-0.2, 0) is 12.8 Å². The van der Waals surface area contributed by atoms with Crippen molar-refractivity contribution < 1.29 is 0 Å². The van der Waals surface area contributed by atoms with Crippen molar-refractivity contribution in [3.63, 3.8) is 0 Å². The highest BCUT2D eigenvalue weighted by Crippen LogP contribution is 2.22. The lowest BCUT2D eigenvalue weighted by Gasteiger charge is -2.18. The lowest BCUT2D eigenvalue weighted by atomic mass is 10.0. The average molecular weight is 323 g/mol. The number of nitrogens with one attached hydrogen (secondary N) is 1. The van der Waals surface area contributed by atoms with Gasteiger partial charge in [0, 0.05) is 28.0 Å². The number of aryl methyl sites for hydroxylation is 1. The number of pyridine rings is 1. The van der Waals surface area contributed by atoms with Gasteiger partial charge in [-0.1, -0.05) is 36.2 Å². The lowest BCUT2D eigenvalue weighted by molar-refractivity contribution is 0.489. The van der Waals surface area contributed by atoms with Gasteiger partial charge in [-0.25, -0.2) is 0 Å². The number of hydrogen-bond donors (Lipinski definition) is 1. The highest BCUT2D eigenvalue weighted by atomic mass is 35.5. The van der Waals surface area contributed by atoms with E-state index in [0.717, 1.165) is 47.1 Å². The number of aromatic nitrogens is 1. The fourth-order valence-corrected chi connectivity index (χ4v) is 2.79. The Morgan fingerprint density at radius 1 is 1.19 bits per heavy atom. The van der Waals surface area contributed by atoms with Crippen LogP contribution < -0.4 is 5.32 Å². The van der Waals surface area contributed by atoms with E-state index < -0.39 is 0 Å². The first-order valence-electron chi connectivity index (χ1n) is 7.26. The summed E-state index contributed by atoms with van der Waals surface area (Å²) in [5.74, 6) is 0. The summed E-state index contributed by atoms with van der Waals surface area (Å²) in [6.45, 7) is 3.05. The number of rotatable bonds is 7. The van der Waals surface area contributed by atoms with Crippen LogP contribution in [0.25, 0.3) is 0 Å². The molecule has 2 nitrogen and oxygen atoms in total. The summed E-state index contributed by atoms with van der Waals surface area (Å²) >= 11 is 12.3. The fourth-order valence-electron chi connectivity index (χ4n) is 2.40. The normalized spacial score (nSPS) is 12.3. The van der Waals surface area contributed by atoms with Gasteiger partial charge < -0.3 is 5.32 Å². The van der Waals surface area contributed by atoms with E-state index in [1.54, 1.807) is 0 Å². The third-order valence-corrected chi connectivity index (χ3v) is 4.05. The van der Waals surface area contributed by atoms with E-state index >= 15 is 0 Å². The van der Waals surface area contributed by atoms with Crippen molar-refractivity contribution in [2.75, 3.05) is 6.54 Å². The van der Waals surface area contributed by atoms with Crippen molar-refractivity contribution in [3.05, 3.63) is 63.9 Å². The minimum absolute atomic E-state index is 0.368. The first-order valence-corrected chi connectivity index (χ1v) is 8.02. The molecule has 112 valence electrons. The summed E-state index contributed by atoms with van der Waals surface area (Å²) in [5.41, 5.74) is 2.22. The summed E-state index contributed by atoms with van der Waals surface area (Å²) in [7, 11) is 0. The maximum atomic E-state index is 6.26. The number of likely N-dealkylation sites (N-methyl/N-ethyl adjacent to an activating group) is 1. The fraction of sp³-hybridized carbons (Fsp3) is 0.353. The maximum absolute atomic E-state index is 6.26. The van der Waals surface area contributed by atoms with Gasteiger partial charge in [-0.15, -0.1) is 0 Å². The second kappa shape index (κ2) is 8.38. The smallest absolute Gasteiger partial charge is 0.0439 e. The lowest BCUT2D eigenvalue weighted by Crippen LogP contribution is -2.31. The molecule has 1 unspecified atom stereocenters. The molecule has 4 heteroatoms. The minimum Gasteiger partial charge on any atom is -0.314 e. The van der Waals surface area contributed by atoms with Gasteiger partial charge in [-0.2, -0.15) is 0 Å². The summed E-state index contributed by atoms with van der Waals surface area (Å²) in [6, 6.07) is 12.0. The Kier molecular flexibility index (Phi) is 6.50. The molecule has 0 fully saturated rings. The van der Waals surface area contributed by atoms with Crippen LogP contribution >= 0.6 is 23.2 Å².